The van der Waals surface area contributed by atoms with E-state index in [0.717, 1.165) is 24.3 Å². The van der Waals surface area contributed by atoms with Gasteiger partial charge in [-0.3, -0.25) is 4.72 Å². The number of carbonyl (C=O) groups is 1. The summed E-state index contributed by atoms with van der Waals surface area (Å²) in [6.07, 6.45) is 0. The average Bonchev–Trinajstić information content (AvgIpc) is 2.76. The Labute approximate surface area is 117 Å². The molecule has 0 radical (unpaired) electrons. The Balaban J connectivity index is 2.32. The van der Waals surface area contributed by atoms with Gasteiger partial charge in [-0.1, -0.05) is 11.6 Å². The molecule has 1 aromatic carbocycles. The highest BCUT2D eigenvalue weighted by Crippen LogP contribution is 2.22. The zero-order valence-electron chi connectivity index (χ0n) is 9.63. The van der Waals surface area contributed by atoms with E-state index in [9.17, 15) is 17.6 Å². The Kier molecular flexibility index (Phi) is 3.69. The van der Waals surface area contributed by atoms with Crippen LogP contribution in [0, 0.1) is 5.82 Å². The minimum atomic E-state index is -4.16. The van der Waals surface area contributed by atoms with E-state index in [-0.39, 0.29) is 10.7 Å². The second-order valence-electron chi connectivity index (χ2n) is 3.69. The van der Waals surface area contributed by atoms with Gasteiger partial charge in [0, 0.05) is 5.02 Å². The van der Waals surface area contributed by atoms with Gasteiger partial charge in [0.1, 0.15) is 5.82 Å². The Morgan fingerprint density at radius 3 is 2.55 bits per heavy atom. The van der Waals surface area contributed by atoms with Gasteiger partial charge in [0.15, 0.2) is 0 Å². The normalized spacial score (nSPS) is 11.3. The maximum Gasteiger partial charge on any atom is 0.371 e. The van der Waals surface area contributed by atoms with Gasteiger partial charge in [0.25, 0.3) is 10.0 Å². The number of halogens is 2. The van der Waals surface area contributed by atoms with Gasteiger partial charge >= 0.3 is 5.97 Å². The van der Waals surface area contributed by atoms with E-state index in [0.29, 0.717) is 0 Å². The number of anilines is 1. The Hall–Kier alpha value is -2.06. The number of hydrogen-bond acceptors (Lipinski definition) is 4. The van der Waals surface area contributed by atoms with Gasteiger partial charge in [-0.2, -0.15) is 8.42 Å². The van der Waals surface area contributed by atoms with Gasteiger partial charge in [-0.25, -0.2) is 9.18 Å². The minimum Gasteiger partial charge on any atom is -0.475 e. The molecule has 0 fully saturated rings. The maximum absolute atomic E-state index is 13.1. The van der Waals surface area contributed by atoms with Crippen molar-refractivity contribution in [1.82, 2.24) is 0 Å². The fourth-order valence-electron chi connectivity index (χ4n) is 1.40. The van der Waals surface area contributed by atoms with E-state index < -0.39 is 32.7 Å². The number of aromatic carboxylic acids is 1. The zero-order chi connectivity index (χ0) is 14.9. The van der Waals surface area contributed by atoms with Crippen molar-refractivity contribution < 1.29 is 27.1 Å². The van der Waals surface area contributed by atoms with Crippen LogP contribution in [0.25, 0.3) is 0 Å². The molecule has 0 aliphatic carbocycles. The third-order valence-corrected chi connectivity index (χ3v) is 3.64. The molecule has 106 valence electrons. The van der Waals surface area contributed by atoms with Gasteiger partial charge in [-0.15, -0.1) is 0 Å². The predicted molar refractivity (Wildman–Crippen MR) is 67.9 cm³/mol. The van der Waals surface area contributed by atoms with Crippen molar-refractivity contribution in [3.63, 3.8) is 0 Å². The summed E-state index contributed by atoms with van der Waals surface area (Å²) in [7, 11) is -4.16. The zero-order valence-corrected chi connectivity index (χ0v) is 11.2. The van der Waals surface area contributed by atoms with Crippen LogP contribution in [0.5, 0.6) is 0 Å². The highest BCUT2D eigenvalue weighted by Gasteiger charge is 2.21. The molecule has 6 nitrogen and oxygen atoms in total. The number of rotatable bonds is 4. The predicted octanol–water partition coefficient (Wildman–Crippen LogP) is 2.57. The van der Waals surface area contributed by atoms with Gasteiger partial charge in [-0.05, 0) is 30.3 Å². The fourth-order valence-corrected chi connectivity index (χ4v) is 2.59. The van der Waals surface area contributed by atoms with Crippen molar-refractivity contribution in [3.05, 3.63) is 46.9 Å². The second-order valence-corrected chi connectivity index (χ2v) is 5.74. The molecule has 0 unspecified atom stereocenters. The third kappa shape index (κ3) is 3.09. The number of sulfonamides is 1. The average molecular weight is 320 g/mol. The molecule has 0 aliphatic heterocycles. The first-order valence-electron chi connectivity index (χ1n) is 5.10. The van der Waals surface area contributed by atoms with Crippen molar-refractivity contribution in [2.24, 2.45) is 0 Å². The van der Waals surface area contributed by atoms with Crippen molar-refractivity contribution >= 4 is 33.3 Å². The lowest BCUT2D eigenvalue weighted by Gasteiger charge is -2.06. The quantitative estimate of drug-likeness (QED) is 0.902. The van der Waals surface area contributed by atoms with E-state index >= 15 is 0 Å². The molecule has 0 atom stereocenters. The molecular formula is C11H7ClFNO5S. The van der Waals surface area contributed by atoms with E-state index in [1.807, 2.05) is 4.72 Å². The van der Waals surface area contributed by atoms with Crippen LogP contribution in [-0.2, 0) is 10.0 Å². The van der Waals surface area contributed by atoms with Crippen LogP contribution >= 0.6 is 11.6 Å². The summed E-state index contributed by atoms with van der Waals surface area (Å²) < 4.78 is 43.6. The molecule has 0 saturated carbocycles. The molecule has 20 heavy (non-hydrogen) atoms. The molecule has 0 saturated heterocycles. The Morgan fingerprint density at radius 1 is 1.30 bits per heavy atom. The molecule has 1 heterocycles. The van der Waals surface area contributed by atoms with Crippen LogP contribution in [0.4, 0.5) is 10.1 Å². The summed E-state index contributed by atoms with van der Waals surface area (Å²) in [4.78, 5) is 10.6. The molecule has 0 bridgehead atoms. The third-order valence-electron chi connectivity index (χ3n) is 2.17. The van der Waals surface area contributed by atoms with E-state index in [1.165, 1.54) is 6.07 Å². The molecule has 9 heteroatoms. The molecule has 2 N–H and O–H groups in total. The van der Waals surface area contributed by atoms with Crippen LogP contribution < -0.4 is 4.72 Å². The number of nitrogens with one attached hydrogen (secondary N) is 1. The van der Waals surface area contributed by atoms with E-state index in [4.69, 9.17) is 16.7 Å². The largest absolute Gasteiger partial charge is 0.475 e. The van der Waals surface area contributed by atoms with Crippen LogP contribution in [0.1, 0.15) is 10.6 Å². The standard InChI is InChI=1S/C11H7ClFNO5S/c12-6-3-7(13)5-8(4-6)14-20(17,18)10-2-1-9(19-10)11(15)16/h1-5,14H,(H,15,16). The van der Waals surface area contributed by atoms with Crippen molar-refractivity contribution in [2.45, 2.75) is 5.09 Å². The van der Waals surface area contributed by atoms with Gasteiger partial charge in [0.2, 0.25) is 10.9 Å². The smallest absolute Gasteiger partial charge is 0.371 e. The van der Waals surface area contributed by atoms with Crippen molar-refractivity contribution in [2.75, 3.05) is 4.72 Å². The number of carboxylic acid groups (broad SMARTS) is 1. The fraction of sp³-hybridized carbons (Fsp3) is 0. The minimum absolute atomic E-state index is 0.00775. The molecule has 1 aromatic heterocycles. The topological polar surface area (TPSA) is 96.6 Å². The highest BCUT2D eigenvalue weighted by molar-refractivity contribution is 7.92. The first kappa shape index (κ1) is 14.4. The van der Waals surface area contributed by atoms with E-state index in [2.05, 4.69) is 4.42 Å². The van der Waals surface area contributed by atoms with Crippen molar-refractivity contribution in [3.8, 4) is 0 Å². The summed E-state index contributed by atoms with van der Waals surface area (Å²) in [6.45, 7) is 0. The molecule has 2 rings (SSSR count). The number of benzene rings is 1. The summed E-state index contributed by atoms with van der Waals surface area (Å²) in [5.41, 5.74) is -0.108. The molecule has 2 aromatic rings. The lowest BCUT2D eigenvalue weighted by Crippen LogP contribution is -2.12. The maximum atomic E-state index is 13.1. The van der Waals surface area contributed by atoms with Crippen LogP contribution in [0.15, 0.2) is 39.8 Å². The molecule has 0 spiro atoms. The van der Waals surface area contributed by atoms with Gasteiger partial charge < -0.3 is 9.52 Å². The summed E-state index contributed by atoms with van der Waals surface area (Å²) in [5.74, 6) is -2.65. The van der Waals surface area contributed by atoms with Crippen LogP contribution in [-0.4, -0.2) is 19.5 Å². The highest BCUT2D eigenvalue weighted by atomic mass is 35.5. The first-order valence-corrected chi connectivity index (χ1v) is 6.96. The summed E-state index contributed by atoms with van der Waals surface area (Å²) in [5, 5.41) is 8.06. The lowest BCUT2D eigenvalue weighted by molar-refractivity contribution is 0.0656. The number of hydrogen-bond donors (Lipinski definition) is 2. The van der Waals surface area contributed by atoms with E-state index in [1.54, 1.807) is 0 Å². The van der Waals surface area contributed by atoms with Gasteiger partial charge in [0.05, 0.1) is 5.69 Å². The molecular weight excluding hydrogens is 313 g/mol. The lowest BCUT2D eigenvalue weighted by atomic mass is 10.3. The first-order chi connectivity index (χ1) is 9.28. The second kappa shape index (κ2) is 5.14. The number of carboxylic acids is 1. The van der Waals surface area contributed by atoms with Crippen LogP contribution in [0.3, 0.4) is 0 Å². The monoisotopic (exact) mass is 319 g/mol. The molecule has 0 aliphatic rings. The van der Waals surface area contributed by atoms with Crippen molar-refractivity contribution in [1.29, 1.82) is 0 Å². The Morgan fingerprint density at radius 2 is 2.00 bits per heavy atom. The number of furan rings is 1. The summed E-state index contributed by atoms with van der Waals surface area (Å²) >= 11 is 5.59. The Bertz CT molecular complexity index is 751. The van der Waals surface area contributed by atoms with Crippen LogP contribution in [0.2, 0.25) is 5.02 Å². The molecule has 0 amide bonds. The SMILES string of the molecule is O=C(O)c1ccc(S(=O)(=O)Nc2cc(F)cc(Cl)c2)o1. The summed E-state index contributed by atoms with van der Waals surface area (Å²) in [6, 6.07) is 5.10.